The van der Waals surface area contributed by atoms with E-state index in [1.54, 1.807) is 0 Å². The third kappa shape index (κ3) is 3.64. The second kappa shape index (κ2) is 4.97. The molecule has 0 aliphatic heterocycles. The van der Waals surface area contributed by atoms with Crippen molar-refractivity contribution < 1.29 is 27.8 Å². The molecule has 0 aliphatic carbocycles. The van der Waals surface area contributed by atoms with Crippen LogP contribution in [0.5, 0.6) is 5.88 Å². The summed E-state index contributed by atoms with van der Waals surface area (Å²) in [5, 5.41) is 6.98. The van der Waals surface area contributed by atoms with E-state index in [2.05, 4.69) is 9.72 Å². The lowest BCUT2D eigenvalue weighted by molar-refractivity contribution is -0.140. The molecule has 0 amide bonds. The summed E-state index contributed by atoms with van der Waals surface area (Å²) in [7, 11) is 0. The maximum Gasteiger partial charge on any atom is 0.419 e. The number of aromatic nitrogens is 1. The number of alkyl halides is 3. The molecule has 0 radical (unpaired) electrons. The lowest BCUT2D eigenvalue weighted by Crippen LogP contribution is -2.12. The number of hydrogen-bond donors (Lipinski definition) is 1. The number of nitrogens with zero attached hydrogens (tertiary/aromatic N) is 1. The van der Waals surface area contributed by atoms with Gasteiger partial charge in [0.15, 0.2) is 6.61 Å². The number of hydrogen-bond acceptors (Lipinski definition) is 3. The molecule has 17 heavy (non-hydrogen) atoms. The zero-order valence-corrected chi connectivity index (χ0v) is 9.40. The van der Waals surface area contributed by atoms with Crippen molar-refractivity contribution in [1.29, 1.82) is 0 Å². The van der Waals surface area contributed by atoms with Gasteiger partial charge in [-0.1, -0.05) is 23.2 Å². The predicted molar refractivity (Wildman–Crippen MR) is 52.4 cm³/mol. The van der Waals surface area contributed by atoms with Gasteiger partial charge in [-0.25, -0.2) is 4.79 Å². The molecule has 1 rings (SSSR count). The molecule has 9 heteroatoms. The van der Waals surface area contributed by atoms with Gasteiger partial charge in [-0.2, -0.15) is 18.2 Å². The van der Waals surface area contributed by atoms with Crippen molar-refractivity contribution >= 4 is 29.2 Å². The first-order valence-electron chi connectivity index (χ1n) is 3.99. The van der Waals surface area contributed by atoms with E-state index in [1.807, 2.05) is 0 Å². The standard InChI is InChI=1S/C8H4Cl2F3NO3/c9-4-1-3(8(11,12)13)6(10)14-7(4)17-2-5(15)16/h1H,2H2,(H,15,16). The minimum Gasteiger partial charge on any atom is -0.479 e. The largest absolute Gasteiger partial charge is 0.479 e. The Morgan fingerprint density at radius 1 is 1.47 bits per heavy atom. The summed E-state index contributed by atoms with van der Waals surface area (Å²) in [6.07, 6.45) is -4.70. The fraction of sp³-hybridized carbons (Fsp3) is 0.250. The highest BCUT2D eigenvalue weighted by Gasteiger charge is 2.35. The second-order valence-corrected chi connectivity index (χ2v) is 3.56. The molecular formula is C8H4Cl2F3NO3. The number of carboxylic acids is 1. The highest BCUT2D eigenvalue weighted by Crippen LogP contribution is 2.37. The average Bonchev–Trinajstić information content (AvgIpc) is 2.17. The van der Waals surface area contributed by atoms with Crippen molar-refractivity contribution in [2.45, 2.75) is 6.18 Å². The molecule has 0 spiro atoms. The van der Waals surface area contributed by atoms with Crippen LogP contribution in [-0.2, 0) is 11.0 Å². The molecule has 0 saturated heterocycles. The third-order valence-electron chi connectivity index (χ3n) is 1.54. The first-order valence-corrected chi connectivity index (χ1v) is 4.75. The lowest BCUT2D eigenvalue weighted by atomic mass is 10.3. The quantitative estimate of drug-likeness (QED) is 0.869. The Morgan fingerprint density at radius 3 is 2.53 bits per heavy atom. The predicted octanol–water partition coefficient (Wildman–Crippen LogP) is 2.87. The van der Waals surface area contributed by atoms with Crippen molar-refractivity contribution in [2.75, 3.05) is 6.61 Å². The van der Waals surface area contributed by atoms with Crippen molar-refractivity contribution in [3.8, 4) is 5.88 Å². The summed E-state index contributed by atoms with van der Waals surface area (Å²) in [5.41, 5.74) is -1.22. The molecule has 0 fully saturated rings. The SMILES string of the molecule is O=C(O)COc1nc(Cl)c(C(F)(F)F)cc1Cl. The number of halogens is 5. The van der Waals surface area contributed by atoms with Gasteiger partial charge in [0.05, 0.1) is 5.56 Å². The summed E-state index contributed by atoms with van der Waals surface area (Å²) in [5.74, 6) is -1.79. The molecule has 1 aromatic heterocycles. The average molecular weight is 290 g/mol. The minimum atomic E-state index is -4.70. The number of carboxylic acid groups (broad SMARTS) is 1. The second-order valence-electron chi connectivity index (χ2n) is 2.79. The first kappa shape index (κ1) is 13.9. The number of carbonyl (C=O) groups is 1. The van der Waals surface area contributed by atoms with Crippen LogP contribution in [0.15, 0.2) is 6.07 Å². The van der Waals surface area contributed by atoms with Gasteiger partial charge in [0.1, 0.15) is 10.2 Å². The van der Waals surface area contributed by atoms with Crippen LogP contribution in [0.3, 0.4) is 0 Å². The highest BCUT2D eigenvalue weighted by molar-refractivity contribution is 6.33. The first-order chi connectivity index (χ1) is 7.71. The summed E-state index contributed by atoms with van der Waals surface area (Å²) >= 11 is 10.7. The zero-order valence-electron chi connectivity index (χ0n) is 7.89. The van der Waals surface area contributed by atoms with Gasteiger partial charge in [-0.05, 0) is 6.07 Å². The molecule has 0 aromatic carbocycles. The topological polar surface area (TPSA) is 59.4 Å². The van der Waals surface area contributed by atoms with Crippen LogP contribution >= 0.6 is 23.2 Å². The van der Waals surface area contributed by atoms with E-state index in [4.69, 9.17) is 28.3 Å². The van der Waals surface area contributed by atoms with Crippen LogP contribution in [0.1, 0.15) is 5.56 Å². The summed E-state index contributed by atoms with van der Waals surface area (Å²) in [6, 6.07) is 0.522. The molecule has 0 unspecified atom stereocenters. The van der Waals surface area contributed by atoms with Crippen molar-refractivity contribution in [3.63, 3.8) is 0 Å². The van der Waals surface area contributed by atoms with E-state index in [9.17, 15) is 18.0 Å². The van der Waals surface area contributed by atoms with Gasteiger partial charge >= 0.3 is 12.1 Å². The Bertz CT molecular complexity index is 450. The van der Waals surface area contributed by atoms with Crippen molar-refractivity contribution in [3.05, 3.63) is 21.8 Å². The Kier molecular flexibility index (Phi) is 4.05. The summed E-state index contributed by atoms with van der Waals surface area (Å²) < 4.78 is 41.6. The molecule has 1 heterocycles. The fourth-order valence-corrected chi connectivity index (χ4v) is 1.33. The van der Waals surface area contributed by atoms with Gasteiger partial charge in [-0.15, -0.1) is 0 Å². The molecule has 1 N–H and O–H groups in total. The van der Waals surface area contributed by atoms with Gasteiger partial charge in [0.25, 0.3) is 0 Å². The van der Waals surface area contributed by atoms with E-state index in [-0.39, 0.29) is 0 Å². The molecule has 0 atom stereocenters. The van der Waals surface area contributed by atoms with Gasteiger partial charge in [0.2, 0.25) is 5.88 Å². The number of pyridine rings is 1. The molecule has 0 bridgehead atoms. The Labute approximate surface area is 103 Å². The van der Waals surface area contributed by atoms with Gasteiger partial charge in [-0.3, -0.25) is 0 Å². The Morgan fingerprint density at radius 2 is 2.06 bits per heavy atom. The Hall–Kier alpha value is -1.21. The van der Waals surface area contributed by atoms with Crippen molar-refractivity contribution in [2.24, 2.45) is 0 Å². The zero-order chi connectivity index (χ0) is 13.2. The molecule has 0 aliphatic rings. The van der Waals surface area contributed by atoms with Crippen LogP contribution in [0, 0.1) is 0 Å². The smallest absolute Gasteiger partial charge is 0.419 e. The van der Waals surface area contributed by atoms with Crippen LogP contribution in [-0.4, -0.2) is 22.7 Å². The fourth-order valence-electron chi connectivity index (χ4n) is 0.881. The van der Waals surface area contributed by atoms with E-state index < -0.39 is 40.4 Å². The molecule has 4 nitrogen and oxygen atoms in total. The molecule has 94 valence electrons. The normalized spacial score (nSPS) is 11.4. The monoisotopic (exact) mass is 289 g/mol. The maximum absolute atomic E-state index is 12.4. The van der Waals surface area contributed by atoms with E-state index >= 15 is 0 Å². The highest BCUT2D eigenvalue weighted by atomic mass is 35.5. The molecule has 0 saturated carbocycles. The van der Waals surface area contributed by atoms with Gasteiger partial charge < -0.3 is 9.84 Å². The minimum absolute atomic E-state index is 0.466. The third-order valence-corrected chi connectivity index (χ3v) is 2.09. The van der Waals surface area contributed by atoms with E-state index in [1.165, 1.54) is 0 Å². The summed E-state index contributed by atoms with van der Waals surface area (Å²) in [6.45, 7) is -0.783. The van der Waals surface area contributed by atoms with Crippen LogP contribution in [0.2, 0.25) is 10.2 Å². The number of aliphatic carboxylic acids is 1. The van der Waals surface area contributed by atoms with Gasteiger partial charge in [0, 0.05) is 0 Å². The van der Waals surface area contributed by atoms with E-state index in [0.717, 1.165) is 0 Å². The number of rotatable bonds is 3. The van der Waals surface area contributed by atoms with E-state index in [0.29, 0.717) is 6.07 Å². The molecular weight excluding hydrogens is 286 g/mol. The Balaban J connectivity index is 3.06. The number of ether oxygens (including phenoxy) is 1. The maximum atomic E-state index is 12.4. The molecule has 1 aromatic rings. The van der Waals surface area contributed by atoms with Crippen LogP contribution in [0.25, 0.3) is 0 Å². The van der Waals surface area contributed by atoms with Crippen LogP contribution < -0.4 is 4.74 Å². The van der Waals surface area contributed by atoms with Crippen LogP contribution in [0.4, 0.5) is 13.2 Å². The lowest BCUT2D eigenvalue weighted by Gasteiger charge is -2.11. The van der Waals surface area contributed by atoms with Crippen molar-refractivity contribution in [1.82, 2.24) is 4.98 Å². The summed E-state index contributed by atoms with van der Waals surface area (Å²) in [4.78, 5) is 13.4.